The zero-order chi connectivity index (χ0) is 25.4. The number of para-hydroxylation sites is 1. The van der Waals surface area contributed by atoms with Crippen LogP contribution in [0.4, 0.5) is 11.4 Å². The Hall–Kier alpha value is -3.92. The maximum atomic E-state index is 12.9. The van der Waals surface area contributed by atoms with Crippen molar-refractivity contribution in [3.8, 4) is 5.75 Å². The topological polar surface area (TPSA) is 148 Å². The molecular weight excluding hydrogens is 452 g/mol. The van der Waals surface area contributed by atoms with E-state index in [2.05, 4.69) is 5.32 Å². The Morgan fingerprint density at radius 1 is 1.26 bits per heavy atom. The SMILES string of the molecule is CC1(C)c2ccccc2N(CC(=O)NCCC[C@H](N)C(=O)O)C12C=Cc1cc([N+](=O)[O-])ccc1O2. The molecule has 35 heavy (non-hydrogen) atoms. The number of non-ortho nitro benzene ring substituents is 1. The van der Waals surface area contributed by atoms with Gasteiger partial charge in [0.25, 0.3) is 5.69 Å². The van der Waals surface area contributed by atoms with Gasteiger partial charge in [-0.15, -0.1) is 0 Å². The number of nitrogens with zero attached hydrogens (tertiary/aromatic N) is 2. The normalized spacial score (nSPS) is 20.0. The molecule has 10 nitrogen and oxygen atoms in total. The van der Waals surface area contributed by atoms with Crippen LogP contribution in [0.15, 0.2) is 48.5 Å². The standard InChI is InChI=1S/C25H28N4O6/c1-24(2)18-6-3-4-8-20(18)28(15-22(30)27-13-5-7-19(26)23(31)32)25(24)12-11-16-14-17(29(33)34)9-10-21(16)35-25/h3-4,6,8-12,14,19H,5,7,13,15,26H2,1-2H3,(H,27,30)(H,31,32)/t19-,25?/m0/s1. The predicted molar refractivity (Wildman–Crippen MR) is 130 cm³/mol. The molecule has 2 aromatic rings. The largest absolute Gasteiger partial charge is 0.480 e. The van der Waals surface area contributed by atoms with Crippen LogP contribution in [-0.4, -0.2) is 46.8 Å². The highest BCUT2D eigenvalue weighted by Crippen LogP contribution is 2.54. The first-order chi connectivity index (χ1) is 16.6. The minimum absolute atomic E-state index is 0.00190. The minimum Gasteiger partial charge on any atom is -0.480 e. The molecule has 0 aromatic heterocycles. The molecule has 10 heteroatoms. The number of carboxylic acid groups (broad SMARTS) is 1. The molecule has 1 amide bonds. The van der Waals surface area contributed by atoms with Crippen molar-refractivity contribution < 1.29 is 24.4 Å². The zero-order valence-electron chi connectivity index (χ0n) is 19.6. The molecule has 2 aromatic carbocycles. The number of hydrogen-bond acceptors (Lipinski definition) is 7. The maximum Gasteiger partial charge on any atom is 0.320 e. The summed E-state index contributed by atoms with van der Waals surface area (Å²) < 4.78 is 6.56. The van der Waals surface area contributed by atoms with Gasteiger partial charge in [0.15, 0.2) is 0 Å². The van der Waals surface area contributed by atoms with E-state index in [1.165, 1.54) is 12.1 Å². The number of ether oxygens (including phenoxy) is 1. The summed E-state index contributed by atoms with van der Waals surface area (Å²) in [6.07, 6.45) is 4.36. The van der Waals surface area contributed by atoms with E-state index in [1.54, 1.807) is 12.1 Å². The number of anilines is 1. The van der Waals surface area contributed by atoms with E-state index in [0.717, 1.165) is 11.3 Å². The van der Waals surface area contributed by atoms with Crippen LogP contribution in [0.25, 0.3) is 6.08 Å². The lowest BCUT2D eigenvalue weighted by Crippen LogP contribution is -2.61. The van der Waals surface area contributed by atoms with Crippen molar-refractivity contribution in [3.63, 3.8) is 0 Å². The second kappa shape index (κ2) is 9.03. The number of rotatable bonds is 8. The van der Waals surface area contributed by atoms with Crippen LogP contribution in [0.5, 0.6) is 5.75 Å². The minimum atomic E-state index is -1.07. The molecule has 0 saturated heterocycles. The highest BCUT2D eigenvalue weighted by atomic mass is 16.6. The van der Waals surface area contributed by atoms with E-state index in [1.807, 2.05) is 49.1 Å². The van der Waals surface area contributed by atoms with Gasteiger partial charge in [0.1, 0.15) is 18.3 Å². The molecule has 184 valence electrons. The summed E-state index contributed by atoms with van der Waals surface area (Å²) in [4.78, 5) is 36.5. The first-order valence-corrected chi connectivity index (χ1v) is 11.4. The van der Waals surface area contributed by atoms with Crippen molar-refractivity contribution in [2.45, 2.75) is 43.9 Å². The number of fused-ring (bicyclic) bond motifs is 2. The number of nitrogens with one attached hydrogen (secondary N) is 1. The molecule has 2 heterocycles. The van der Waals surface area contributed by atoms with Crippen molar-refractivity contribution in [2.75, 3.05) is 18.0 Å². The van der Waals surface area contributed by atoms with Crippen LogP contribution in [0.1, 0.15) is 37.8 Å². The van der Waals surface area contributed by atoms with Crippen LogP contribution in [0.2, 0.25) is 0 Å². The second-order valence-corrected chi connectivity index (χ2v) is 9.28. The Kier molecular flexibility index (Phi) is 6.25. The first kappa shape index (κ1) is 24.2. The Bertz CT molecular complexity index is 1210. The molecule has 0 radical (unpaired) electrons. The third kappa shape index (κ3) is 4.21. The van der Waals surface area contributed by atoms with Gasteiger partial charge in [-0.25, -0.2) is 0 Å². The fraction of sp³-hybridized carbons (Fsp3) is 0.360. The average Bonchev–Trinajstić information content (AvgIpc) is 3.00. The van der Waals surface area contributed by atoms with E-state index < -0.39 is 28.1 Å². The molecule has 0 bridgehead atoms. The van der Waals surface area contributed by atoms with Crippen LogP contribution in [0.3, 0.4) is 0 Å². The lowest BCUT2D eigenvalue weighted by molar-refractivity contribution is -0.384. The van der Waals surface area contributed by atoms with Gasteiger partial charge in [0.2, 0.25) is 11.6 Å². The molecule has 0 saturated carbocycles. The molecular formula is C25H28N4O6. The highest BCUT2D eigenvalue weighted by molar-refractivity contribution is 5.85. The molecule has 2 aliphatic rings. The quantitative estimate of drug-likeness (QED) is 0.297. The van der Waals surface area contributed by atoms with E-state index in [0.29, 0.717) is 24.3 Å². The number of carbonyl (C=O) groups is 2. The van der Waals surface area contributed by atoms with E-state index in [9.17, 15) is 19.7 Å². The average molecular weight is 481 g/mol. The molecule has 4 rings (SSSR count). The number of hydrogen-bond donors (Lipinski definition) is 3. The van der Waals surface area contributed by atoms with E-state index in [-0.39, 0.29) is 24.6 Å². The van der Waals surface area contributed by atoms with Crippen LogP contribution in [-0.2, 0) is 15.0 Å². The maximum absolute atomic E-state index is 12.9. The van der Waals surface area contributed by atoms with Crippen LogP contribution >= 0.6 is 0 Å². The van der Waals surface area contributed by atoms with Crippen molar-refractivity contribution in [1.82, 2.24) is 5.32 Å². The number of carbonyl (C=O) groups excluding carboxylic acids is 1. The molecule has 4 N–H and O–H groups in total. The number of carboxylic acids is 1. The molecule has 0 fully saturated rings. The highest BCUT2D eigenvalue weighted by Gasteiger charge is 2.59. The van der Waals surface area contributed by atoms with Gasteiger partial charge >= 0.3 is 5.97 Å². The van der Waals surface area contributed by atoms with Gasteiger partial charge in [0, 0.05) is 29.9 Å². The van der Waals surface area contributed by atoms with E-state index in [4.69, 9.17) is 15.6 Å². The van der Waals surface area contributed by atoms with E-state index >= 15 is 0 Å². The number of benzene rings is 2. The fourth-order valence-corrected chi connectivity index (χ4v) is 4.78. The summed E-state index contributed by atoms with van der Waals surface area (Å²) in [5.74, 6) is -0.819. The predicted octanol–water partition coefficient (Wildman–Crippen LogP) is 2.80. The van der Waals surface area contributed by atoms with Gasteiger partial charge in [-0.05, 0) is 56.5 Å². The van der Waals surface area contributed by atoms with Gasteiger partial charge in [-0.2, -0.15) is 0 Å². The van der Waals surface area contributed by atoms with Crippen LogP contribution < -0.4 is 20.7 Å². The number of nitrogens with two attached hydrogens (primary N) is 1. The molecule has 2 atom stereocenters. The number of amides is 1. The molecule has 1 spiro atoms. The van der Waals surface area contributed by atoms with Gasteiger partial charge in [-0.3, -0.25) is 19.7 Å². The monoisotopic (exact) mass is 480 g/mol. The summed E-state index contributed by atoms with van der Waals surface area (Å²) >= 11 is 0. The van der Waals surface area contributed by atoms with Crippen molar-refractivity contribution in [2.24, 2.45) is 5.73 Å². The Morgan fingerprint density at radius 3 is 2.71 bits per heavy atom. The summed E-state index contributed by atoms with van der Waals surface area (Å²) in [5, 5.41) is 22.9. The Labute approximate surface area is 202 Å². The number of nitro benzene ring substituents is 1. The third-order valence-electron chi connectivity index (χ3n) is 6.76. The smallest absolute Gasteiger partial charge is 0.320 e. The summed E-state index contributed by atoms with van der Waals surface area (Å²) in [6.45, 7) is 4.38. The molecule has 1 unspecified atom stereocenters. The molecule has 0 aliphatic carbocycles. The Morgan fingerprint density at radius 2 is 2.00 bits per heavy atom. The van der Waals surface area contributed by atoms with Gasteiger partial charge in [0.05, 0.1) is 10.3 Å². The van der Waals surface area contributed by atoms with Crippen molar-refractivity contribution in [1.29, 1.82) is 0 Å². The van der Waals surface area contributed by atoms with Gasteiger partial charge in [-0.1, -0.05) is 18.2 Å². The fourth-order valence-electron chi connectivity index (χ4n) is 4.78. The van der Waals surface area contributed by atoms with Crippen molar-refractivity contribution in [3.05, 3.63) is 69.8 Å². The lowest BCUT2D eigenvalue weighted by atomic mass is 9.76. The summed E-state index contributed by atoms with van der Waals surface area (Å²) in [6, 6.07) is 11.3. The first-order valence-electron chi connectivity index (χ1n) is 11.4. The van der Waals surface area contributed by atoms with Crippen molar-refractivity contribution >= 4 is 29.3 Å². The Balaban J connectivity index is 1.60. The van der Waals surface area contributed by atoms with Crippen LogP contribution in [0, 0.1) is 10.1 Å². The third-order valence-corrected chi connectivity index (χ3v) is 6.76. The van der Waals surface area contributed by atoms with Gasteiger partial charge < -0.3 is 25.8 Å². The zero-order valence-corrected chi connectivity index (χ0v) is 19.6. The molecule has 2 aliphatic heterocycles. The summed E-state index contributed by atoms with van der Waals surface area (Å²) in [7, 11) is 0. The number of nitro groups is 1. The number of aliphatic carboxylic acids is 1. The summed E-state index contributed by atoms with van der Waals surface area (Å²) in [5.41, 5.74) is 6.36. The second-order valence-electron chi connectivity index (χ2n) is 9.28. The lowest BCUT2D eigenvalue weighted by Gasteiger charge is -2.46.